The maximum Gasteiger partial charge on any atom is 0.374 e. The van der Waals surface area contributed by atoms with E-state index in [1.165, 1.54) is 6.07 Å². The third-order valence-electron chi connectivity index (χ3n) is 2.87. The second kappa shape index (κ2) is 4.13. The Morgan fingerprint density at radius 3 is 2.89 bits per heavy atom. The van der Waals surface area contributed by atoms with Gasteiger partial charge in [-0.3, -0.25) is 0 Å². The first kappa shape index (κ1) is 11.8. The SMILES string of the molecule is Cc1cc2c(Cl)c(-c3cc(C(=O)O)on3)ccc2[nH]1. The van der Waals surface area contributed by atoms with Gasteiger partial charge in [0.25, 0.3) is 0 Å². The van der Waals surface area contributed by atoms with E-state index in [2.05, 4.69) is 10.1 Å². The van der Waals surface area contributed by atoms with Gasteiger partial charge in [-0.1, -0.05) is 16.8 Å². The highest BCUT2D eigenvalue weighted by molar-refractivity contribution is 6.38. The van der Waals surface area contributed by atoms with Crippen LogP contribution in [0.3, 0.4) is 0 Å². The minimum Gasteiger partial charge on any atom is -0.475 e. The summed E-state index contributed by atoms with van der Waals surface area (Å²) in [6.07, 6.45) is 0. The monoisotopic (exact) mass is 276 g/mol. The highest BCUT2D eigenvalue weighted by atomic mass is 35.5. The Labute approximate surface area is 112 Å². The van der Waals surface area contributed by atoms with Crippen LogP contribution in [0.15, 0.2) is 28.8 Å². The number of hydrogen-bond acceptors (Lipinski definition) is 3. The Morgan fingerprint density at radius 2 is 2.21 bits per heavy atom. The summed E-state index contributed by atoms with van der Waals surface area (Å²) in [6.45, 7) is 1.94. The van der Waals surface area contributed by atoms with Gasteiger partial charge in [0.2, 0.25) is 5.76 Å². The summed E-state index contributed by atoms with van der Waals surface area (Å²) in [7, 11) is 0. The summed E-state index contributed by atoms with van der Waals surface area (Å²) in [5, 5.41) is 13.9. The number of carboxylic acids is 1. The molecule has 0 spiro atoms. The predicted molar refractivity (Wildman–Crippen MR) is 70.5 cm³/mol. The van der Waals surface area contributed by atoms with E-state index in [1.54, 1.807) is 6.07 Å². The van der Waals surface area contributed by atoms with E-state index in [1.807, 2.05) is 19.1 Å². The van der Waals surface area contributed by atoms with Crippen molar-refractivity contribution in [1.82, 2.24) is 10.1 Å². The molecule has 2 aromatic heterocycles. The number of aryl methyl sites for hydroxylation is 1. The molecule has 0 amide bonds. The van der Waals surface area contributed by atoms with Crippen LogP contribution in [0.5, 0.6) is 0 Å². The molecule has 5 nitrogen and oxygen atoms in total. The molecule has 0 fully saturated rings. The predicted octanol–water partition coefficient (Wildman–Crippen LogP) is 3.48. The fraction of sp³-hybridized carbons (Fsp3) is 0.0769. The van der Waals surface area contributed by atoms with Crippen LogP contribution in [-0.4, -0.2) is 21.2 Å². The van der Waals surface area contributed by atoms with E-state index in [9.17, 15) is 4.79 Å². The van der Waals surface area contributed by atoms with Crippen LogP contribution >= 0.6 is 11.6 Å². The highest BCUT2D eigenvalue weighted by Gasteiger charge is 2.16. The van der Waals surface area contributed by atoms with Gasteiger partial charge in [-0.15, -0.1) is 0 Å². The molecule has 6 heteroatoms. The number of aromatic nitrogens is 2. The highest BCUT2D eigenvalue weighted by Crippen LogP contribution is 2.34. The smallest absolute Gasteiger partial charge is 0.374 e. The normalized spacial score (nSPS) is 11.1. The standard InChI is InChI=1S/C13H9ClN2O3/c1-6-4-8-9(15-6)3-2-7(12(8)14)10-5-11(13(17)18)19-16-10/h2-5,15H,1H3,(H,17,18). The number of carboxylic acid groups (broad SMARTS) is 1. The summed E-state index contributed by atoms with van der Waals surface area (Å²) in [5.74, 6) is -1.37. The molecule has 0 unspecified atom stereocenters. The number of aromatic carboxylic acids is 1. The van der Waals surface area contributed by atoms with E-state index in [4.69, 9.17) is 21.2 Å². The summed E-state index contributed by atoms with van der Waals surface area (Å²) in [6, 6.07) is 6.94. The quantitative estimate of drug-likeness (QED) is 0.751. The van der Waals surface area contributed by atoms with Crippen LogP contribution in [0.2, 0.25) is 5.02 Å². The van der Waals surface area contributed by atoms with Gasteiger partial charge in [0, 0.05) is 28.2 Å². The second-order valence-corrected chi connectivity index (χ2v) is 4.60. The minimum absolute atomic E-state index is 0.212. The van der Waals surface area contributed by atoms with Crippen molar-refractivity contribution in [3.05, 3.63) is 40.7 Å². The Bertz CT molecular complexity index is 788. The van der Waals surface area contributed by atoms with Crippen LogP contribution in [0.4, 0.5) is 0 Å². The van der Waals surface area contributed by atoms with E-state index < -0.39 is 5.97 Å². The fourth-order valence-corrected chi connectivity index (χ4v) is 2.32. The van der Waals surface area contributed by atoms with Crippen LogP contribution < -0.4 is 0 Å². The summed E-state index contributed by atoms with van der Waals surface area (Å²) >= 11 is 6.33. The van der Waals surface area contributed by atoms with Gasteiger partial charge in [0.05, 0.1) is 5.02 Å². The van der Waals surface area contributed by atoms with Crippen LogP contribution in [0, 0.1) is 6.92 Å². The molecule has 96 valence electrons. The number of nitrogens with zero attached hydrogens (tertiary/aromatic N) is 1. The molecule has 0 aliphatic carbocycles. The molecule has 0 aliphatic heterocycles. The molecule has 0 saturated carbocycles. The average Bonchev–Trinajstić information content (AvgIpc) is 2.95. The topological polar surface area (TPSA) is 79.1 Å². The van der Waals surface area contributed by atoms with Crippen LogP contribution in [-0.2, 0) is 0 Å². The lowest BCUT2D eigenvalue weighted by molar-refractivity contribution is 0.0652. The van der Waals surface area contributed by atoms with Crippen molar-refractivity contribution < 1.29 is 14.4 Å². The average molecular weight is 277 g/mol. The number of rotatable bonds is 2. The maximum absolute atomic E-state index is 10.8. The number of hydrogen-bond donors (Lipinski definition) is 2. The zero-order valence-electron chi connectivity index (χ0n) is 9.90. The summed E-state index contributed by atoms with van der Waals surface area (Å²) < 4.78 is 4.74. The van der Waals surface area contributed by atoms with Crippen molar-refractivity contribution in [2.75, 3.05) is 0 Å². The molecule has 2 heterocycles. The van der Waals surface area contributed by atoms with Crippen molar-refractivity contribution in [2.24, 2.45) is 0 Å². The van der Waals surface area contributed by atoms with Gasteiger partial charge >= 0.3 is 5.97 Å². The number of H-pyrrole nitrogens is 1. The molecule has 3 aromatic rings. The van der Waals surface area contributed by atoms with Gasteiger partial charge in [-0.2, -0.15) is 0 Å². The second-order valence-electron chi connectivity index (χ2n) is 4.22. The van der Waals surface area contributed by atoms with Gasteiger partial charge in [-0.25, -0.2) is 4.79 Å². The fourth-order valence-electron chi connectivity index (χ4n) is 2.01. The molecule has 0 radical (unpaired) electrons. The van der Waals surface area contributed by atoms with Gasteiger partial charge in [0.15, 0.2) is 0 Å². The maximum atomic E-state index is 10.8. The minimum atomic E-state index is -1.16. The number of carbonyl (C=O) groups is 1. The summed E-state index contributed by atoms with van der Waals surface area (Å²) in [4.78, 5) is 14.0. The van der Waals surface area contributed by atoms with Crippen molar-refractivity contribution in [2.45, 2.75) is 6.92 Å². The molecule has 19 heavy (non-hydrogen) atoms. The molecule has 2 N–H and O–H groups in total. The lowest BCUT2D eigenvalue weighted by Crippen LogP contribution is -1.91. The third kappa shape index (κ3) is 1.88. The van der Waals surface area contributed by atoms with Gasteiger partial charge in [0.1, 0.15) is 5.69 Å². The molecular weight excluding hydrogens is 268 g/mol. The van der Waals surface area contributed by atoms with E-state index in [-0.39, 0.29) is 5.76 Å². The zero-order chi connectivity index (χ0) is 13.6. The number of halogens is 1. The van der Waals surface area contributed by atoms with Gasteiger partial charge < -0.3 is 14.6 Å². The molecule has 1 aromatic carbocycles. The van der Waals surface area contributed by atoms with Crippen molar-refractivity contribution in [3.63, 3.8) is 0 Å². The first-order valence-corrected chi connectivity index (χ1v) is 5.92. The van der Waals surface area contributed by atoms with E-state index >= 15 is 0 Å². The molecule has 0 aliphatic rings. The first-order valence-electron chi connectivity index (χ1n) is 5.54. The third-order valence-corrected chi connectivity index (χ3v) is 3.28. The largest absolute Gasteiger partial charge is 0.475 e. The number of fused-ring (bicyclic) bond motifs is 1. The van der Waals surface area contributed by atoms with Crippen LogP contribution in [0.1, 0.15) is 16.2 Å². The zero-order valence-corrected chi connectivity index (χ0v) is 10.7. The van der Waals surface area contributed by atoms with E-state index in [0.29, 0.717) is 16.3 Å². The van der Waals surface area contributed by atoms with Crippen LogP contribution in [0.25, 0.3) is 22.2 Å². The first-order chi connectivity index (χ1) is 9.06. The van der Waals surface area contributed by atoms with Crippen molar-refractivity contribution in [3.8, 4) is 11.3 Å². The Morgan fingerprint density at radius 1 is 1.42 bits per heavy atom. The number of nitrogens with one attached hydrogen (secondary N) is 1. The Balaban J connectivity index is 2.18. The number of benzene rings is 1. The lowest BCUT2D eigenvalue weighted by Gasteiger charge is -2.00. The molecule has 0 bridgehead atoms. The molecule has 0 saturated heterocycles. The van der Waals surface area contributed by atoms with Crippen molar-refractivity contribution >= 4 is 28.5 Å². The molecular formula is C13H9ClN2O3. The van der Waals surface area contributed by atoms with E-state index in [0.717, 1.165) is 16.6 Å². The van der Waals surface area contributed by atoms with Crippen molar-refractivity contribution in [1.29, 1.82) is 0 Å². The molecule has 3 rings (SSSR count). The number of aromatic amines is 1. The Kier molecular flexibility index (Phi) is 2.57. The summed E-state index contributed by atoms with van der Waals surface area (Å²) in [5.41, 5.74) is 2.97. The molecule has 0 atom stereocenters. The Hall–Kier alpha value is -2.27. The lowest BCUT2D eigenvalue weighted by atomic mass is 10.1. The van der Waals surface area contributed by atoms with Gasteiger partial charge in [-0.05, 0) is 25.1 Å².